The second-order valence-corrected chi connectivity index (χ2v) is 6.39. The lowest BCUT2D eigenvalue weighted by Gasteiger charge is -2.31. The van der Waals surface area contributed by atoms with Crippen LogP contribution in [-0.2, 0) is 10.0 Å². The minimum atomic E-state index is -3.43. The smallest absolute Gasteiger partial charge is 0.240 e. The van der Waals surface area contributed by atoms with Crippen LogP contribution in [0.4, 0.5) is 0 Å². The Bertz CT molecular complexity index is 480. The van der Waals surface area contributed by atoms with Gasteiger partial charge >= 0.3 is 0 Å². The molecule has 6 heteroatoms. The molecular weight excluding hydrogens is 262 g/mol. The minimum Gasteiger partial charge on any atom is -0.497 e. The largest absolute Gasteiger partial charge is 0.497 e. The van der Waals surface area contributed by atoms with Crippen molar-refractivity contribution in [3.63, 3.8) is 0 Å². The highest BCUT2D eigenvalue weighted by atomic mass is 35.5. The van der Waals surface area contributed by atoms with E-state index in [0.29, 0.717) is 18.6 Å². The lowest BCUT2D eigenvalue weighted by Crippen LogP contribution is -2.44. The molecule has 0 saturated heterocycles. The lowest BCUT2D eigenvalue weighted by molar-refractivity contribution is 0.391. The highest BCUT2D eigenvalue weighted by Crippen LogP contribution is 2.27. The molecule has 1 saturated carbocycles. The number of sulfonamides is 1. The van der Waals surface area contributed by atoms with Crippen molar-refractivity contribution in [1.29, 1.82) is 0 Å². The van der Waals surface area contributed by atoms with E-state index in [9.17, 15) is 8.42 Å². The second kappa shape index (κ2) is 4.84. The van der Waals surface area contributed by atoms with Crippen molar-refractivity contribution in [2.45, 2.75) is 29.2 Å². The summed E-state index contributed by atoms with van der Waals surface area (Å²) in [5.74, 6) is 0.633. The van der Waals surface area contributed by atoms with E-state index in [1.165, 1.54) is 19.2 Å². The number of rotatable bonds is 4. The highest BCUT2D eigenvalue weighted by molar-refractivity contribution is 7.89. The van der Waals surface area contributed by atoms with E-state index in [-0.39, 0.29) is 16.3 Å². The minimum absolute atomic E-state index is 0.0374. The first-order chi connectivity index (χ1) is 8.01. The molecule has 0 atom stereocenters. The van der Waals surface area contributed by atoms with Gasteiger partial charge in [-0.2, -0.15) is 0 Å². The van der Waals surface area contributed by atoms with Gasteiger partial charge < -0.3 is 4.74 Å². The number of halogens is 1. The maximum Gasteiger partial charge on any atom is 0.240 e. The number of ether oxygens (including phenoxy) is 1. The van der Waals surface area contributed by atoms with Crippen molar-refractivity contribution in [1.82, 2.24) is 4.72 Å². The number of nitrogens with one attached hydrogen (secondary N) is 1. The molecule has 94 valence electrons. The summed E-state index contributed by atoms with van der Waals surface area (Å²) in [4.78, 5) is 0.247. The van der Waals surface area contributed by atoms with Crippen LogP contribution < -0.4 is 9.46 Å². The van der Waals surface area contributed by atoms with Gasteiger partial charge in [0.15, 0.2) is 0 Å². The van der Waals surface area contributed by atoms with Gasteiger partial charge in [-0.25, -0.2) is 13.1 Å². The predicted octanol–water partition coefficient (Wildman–Crippen LogP) is 1.74. The van der Waals surface area contributed by atoms with E-state index >= 15 is 0 Å². The molecule has 1 fully saturated rings. The molecule has 1 N–H and O–H groups in total. The standard InChI is InChI=1S/C11H14ClNO3S/c1-16-10-2-4-11(5-3-10)17(14,15)13-9-6-8(12)7-9/h2-5,8-9,13H,6-7H2,1H3. The summed E-state index contributed by atoms with van der Waals surface area (Å²) < 4.78 is 31.5. The first-order valence-electron chi connectivity index (χ1n) is 5.32. The van der Waals surface area contributed by atoms with Crippen LogP contribution in [0.5, 0.6) is 5.75 Å². The molecule has 0 aromatic heterocycles. The van der Waals surface area contributed by atoms with Crippen molar-refractivity contribution < 1.29 is 13.2 Å². The Labute approximate surface area is 106 Å². The molecule has 0 bridgehead atoms. The Morgan fingerprint density at radius 1 is 1.29 bits per heavy atom. The average Bonchev–Trinajstić information content (AvgIpc) is 2.27. The van der Waals surface area contributed by atoms with Gasteiger partial charge in [-0.15, -0.1) is 11.6 Å². The summed E-state index contributed by atoms with van der Waals surface area (Å²) in [7, 11) is -1.89. The molecule has 0 radical (unpaired) electrons. The second-order valence-electron chi connectivity index (χ2n) is 4.06. The maximum absolute atomic E-state index is 11.9. The summed E-state index contributed by atoms with van der Waals surface area (Å²) in [6, 6.07) is 6.26. The summed E-state index contributed by atoms with van der Waals surface area (Å²) in [6.07, 6.45) is 1.38. The summed E-state index contributed by atoms with van der Waals surface area (Å²) in [6.45, 7) is 0. The maximum atomic E-state index is 11.9. The van der Waals surface area contributed by atoms with Gasteiger partial charge in [0.2, 0.25) is 10.0 Å². The molecule has 4 nitrogen and oxygen atoms in total. The van der Waals surface area contributed by atoms with Gasteiger partial charge in [0.05, 0.1) is 12.0 Å². The van der Waals surface area contributed by atoms with Crippen LogP contribution in [-0.4, -0.2) is 26.9 Å². The van der Waals surface area contributed by atoms with Crippen molar-refractivity contribution in [2.75, 3.05) is 7.11 Å². The quantitative estimate of drug-likeness (QED) is 0.852. The SMILES string of the molecule is COc1ccc(S(=O)(=O)NC2CC(Cl)C2)cc1. The molecule has 1 aromatic carbocycles. The summed E-state index contributed by atoms with van der Waals surface area (Å²) in [5, 5.41) is 0.0959. The number of methoxy groups -OCH3 is 1. The molecular formula is C11H14ClNO3S. The van der Waals surface area contributed by atoms with Crippen LogP contribution in [0.25, 0.3) is 0 Å². The van der Waals surface area contributed by atoms with Crippen LogP contribution in [0.1, 0.15) is 12.8 Å². The zero-order chi connectivity index (χ0) is 12.5. The molecule has 0 heterocycles. The van der Waals surface area contributed by atoms with Gasteiger partial charge in [-0.05, 0) is 37.1 Å². The highest BCUT2D eigenvalue weighted by Gasteiger charge is 2.31. The third-order valence-electron chi connectivity index (χ3n) is 2.77. The van der Waals surface area contributed by atoms with Crippen LogP contribution in [0.2, 0.25) is 0 Å². The zero-order valence-corrected chi connectivity index (χ0v) is 11.0. The van der Waals surface area contributed by atoms with Gasteiger partial charge in [-0.1, -0.05) is 0 Å². The van der Waals surface area contributed by atoms with Crippen LogP contribution in [0.15, 0.2) is 29.2 Å². The van der Waals surface area contributed by atoms with E-state index in [4.69, 9.17) is 16.3 Å². The molecule has 1 aliphatic rings. The summed E-state index contributed by atoms with van der Waals surface area (Å²) >= 11 is 5.81. The van der Waals surface area contributed by atoms with Gasteiger partial charge in [0, 0.05) is 11.4 Å². The van der Waals surface area contributed by atoms with Crippen molar-refractivity contribution in [2.24, 2.45) is 0 Å². The predicted molar refractivity (Wildman–Crippen MR) is 66.0 cm³/mol. The van der Waals surface area contributed by atoms with E-state index in [2.05, 4.69) is 4.72 Å². The molecule has 17 heavy (non-hydrogen) atoms. The zero-order valence-electron chi connectivity index (χ0n) is 9.39. The third-order valence-corrected chi connectivity index (χ3v) is 4.66. The van der Waals surface area contributed by atoms with E-state index < -0.39 is 10.0 Å². The third kappa shape index (κ3) is 2.91. The lowest BCUT2D eigenvalue weighted by atomic mass is 9.94. The Balaban J connectivity index is 2.08. The van der Waals surface area contributed by atoms with Gasteiger partial charge in [-0.3, -0.25) is 0 Å². The van der Waals surface area contributed by atoms with Crippen molar-refractivity contribution in [3.05, 3.63) is 24.3 Å². The molecule has 1 aromatic rings. The van der Waals surface area contributed by atoms with Crippen molar-refractivity contribution >= 4 is 21.6 Å². The van der Waals surface area contributed by atoms with Crippen LogP contribution in [0.3, 0.4) is 0 Å². The number of hydrogen-bond donors (Lipinski definition) is 1. The van der Waals surface area contributed by atoms with E-state index in [1.807, 2.05) is 0 Å². The fraction of sp³-hybridized carbons (Fsp3) is 0.455. The Kier molecular flexibility index (Phi) is 3.61. The van der Waals surface area contributed by atoms with Crippen molar-refractivity contribution in [3.8, 4) is 5.75 Å². The Morgan fingerprint density at radius 3 is 2.35 bits per heavy atom. The fourth-order valence-corrected chi connectivity index (χ4v) is 3.38. The fourth-order valence-electron chi connectivity index (χ4n) is 1.69. The molecule has 0 aliphatic heterocycles. The Morgan fingerprint density at radius 2 is 1.88 bits per heavy atom. The normalized spacial score (nSPS) is 24.1. The molecule has 1 aliphatic carbocycles. The van der Waals surface area contributed by atoms with Crippen LogP contribution in [0, 0.1) is 0 Å². The molecule has 0 amide bonds. The molecule has 2 rings (SSSR count). The first-order valence-corrected chi connectivity index (χ1v) is 7.23. The molecule has 0 unspecified atom stereocenters. The molecule has 0 spiro atoms. The van der Waals surface area contributed by atoms with E-state index in [0.717, 1.165) is 0 Å². The number of alkyl halides is 1. The first kappa shape index (κ1) is 12.7. The topological polar surface area (TPSA) is 55.4 Å². The Hall–Kier alpha value is -0.780. The number of benzene rings is 1. The monoisotopic (exact) mass is 275 g/mol. The van der Waals surface area contributed by atoms with Gasteiger partial charge in [0.25, 0.3) is 0 Å². The van der Waals surface area contributed by atoms with E-state index in [1.54, 1.807) is 12.1 Å². The van der Waals surface area contributed by atoms with Gasteiger partial charge in [0.1, 0.15) is 5.75 Å². The van der Waals surface area contributed by atoms with Crippen LogP contribution >= 0.6 is 11.6 Å². The average molecular weight is 276 g/mol. The summed E-state index contributed by atoms with van der Waals surface area (Å²) in [5.41, 5.74) is 0. The number of hydrogen-bond acceptors (Lipinski definition) is 3.